The topological polar surface area (TPSA) is 41.1 Å². The Balaban J connectivity index is 2.36. The van der Waals surface area contributed by atoms with Gasteiger partial charge in [0.25, 0.3) is 6.43 Å². The third-order valence-corrected chi connectivity index (χ3v) is 3.42. The van der Waals surface area contributed by atoms with Crippen molar-refractivity contribution in [2.24, 2.45) is 0 Å². The first-order valence-corrected chi connectivity index (χ1v) is 6.98. The fourth-order valence-corrected chi connectivity index (χ4v) is 2.50. The fourth-order valence-electron chi connectivity index (χ4n) is 1.74. The Morgan fingerprint density at radius 2 is 2.21 bits per heavy atom. The molecular weight excluding hydrogens is 270 g/mol. The molecule has 2 rings (SSSR count). The number of anilines is 2. The average Bonchev–Trinajstić information content (AvgIpc) is 2.82. The van der Waals surface area contributed by atoms with Gasteiger partial charge in [-0.3, -0.25) is 0 Å². The standard InChI is InChI=1S/C12H16F2N4S/c1-3-5-15-12-16-10(18(2)7-9(13)14)8-4-6-19-11(8)17-12/h4,6,9H,3,5,7H2,1-2H3,(H,15,16,17). The number of hydrogen-bond donors (Lipinski definition) is 1. The molecule has 2 heterocycles. The van der Waals surface area contributed by atoms with E-state index in [1.165, 1.54) is 16.2 Å². The first-order valence-electron chi connectivity index (χ1n) is 6.10. The Labute approximate surface area is 114 Å². The van der Waals surface area contributed by atoms with Crippen molar-refractivity contribution >= 4 is 33.3 Å². The number of hydrogen-bond acceptors (Lipinski definition) is 5. The van der Waals surface area contributed by atoms with Crippen LogP contribution >= 0.6 is 11.3 Å². The third-order valence-electron chi connectivity index (χ3n) is 2.61. The lowest BCUT2D eigenvalue weighted by Gasteiger charge is -2.19. The van der Waals surface area contributed by atoms with Crippen LogP contribution in [0.5, 0.6) is 0 Å². The summed E-state index contributed by atoms with van der Waals surface area (Å²) in [6.07, 6.45) is -1.44. The molecule has 0 aliphatic rings. The zero-order valence-corrected chi connectivity index (χ0v) is 11.7. The molecule has 0 atom stereocenters. The highest BCUT2D eigenvalue weighted by molar-refractivity contribution is 7.16. The van der Waals surface area contributed by atoms with Crippen molar-refractivity contribution in [3.63, 3.8) is 0 Å². The predicted octanol–water partition coefficient (Wildman–Crippen LogP) is 3.21. The maximum Gasteiger partial charge on any atom is 0.255 e. The number of nitrogens with zero attached hydrogens (tertiary/aromatic N) is 3. The molecule has 0 aromatic carbocycles. The van der Waals surface area contributed by atoms with E-state index in [4.69, 9.17) is 0 Å². The Kier molecular flexibility index (Phi) is 4.47. The number of rotatable bonds is 6. The minimum Gasteiger partial charge on any atom is -0.354 e. The van der Waals surface area contributed by atoms with E-state index in [0.717, 1.165) is 23.2 Å². The molecule has 7 heteroatoms. The van der Waals surface area contributed by atoms with Gasteiger partial charge in [0.05, 0.1) is 11.9 Å². The molecule has 0 bridgehead atoms. The lowest BCUT2D eigenvalue weighted by molar-refractivity contribution is 0.156. The summed E-state index contributed by atoms with van der Waals surface area (Å²) >= 11 is 1.48. The first kappa shape index (κ1) is 13.9. The first-order chi connectivity index (χ1) is 9.11. The van der Waals surface area contributed by atoms with Crippen LogP contribution in [0.2, 0.25) is 0 Å². The molecule has 0 fully saturated rings. The second-order valence-electron chi connectivity index (χ2n) is 4.21. The number of alkyl halides is 2. The highest BCUT2D eigenvalue weighted by atomic mass is 32.1. The molecule has 0 aliphatic carbocycles. The van der Waals surface area contributed by atoms with E-state index < -0.39 is 6.43 Å². The molecule has 0 saturated heterocycles. The second-order valence-corrected chi connectivity index (χ2v) is 5.10. The molecule has 0 spiro atoms. The number of thiophene rings is 1. The van der Waals surface area contributed by atoms with Crippen LogP contribution in [0.4, 0.5) is 20.5 Å². The van der Waals surface area contributed by atoms with E-state index >= 15 is 0 Å². The maximum atomic E-state index is 12.5. The average molecular weight is 286 g/mol. The summed E-state index contributed by atoms with van der Waals surface area (Å²) in [5.41, 5.74) is 0. The monoisotopic (exact) mass is 286 g/mol. The van der Waals surface area contributed by atoms with Crippen LogP contribution in [-0.4, -0.2) is 36.5 Å². The van der Waals surface area contributed by atoms with Gasteiger partial charge < -0.3 is 10.2 Å². The van der Waals surface area contributed by atoms with Crippen LogP contribution in [-0.2, 0) is 0 Å². The highest BCUT2D eigenvalue weighted by Crippen LogP contribution is 2.28. The van der Waals surface area contributed by atoms with Crippen LogP contribution in [0.15, 0.2) is 11.4 Å². The number of aromatic nitrogens is 2. The zero-order valence-electron chi connectivity index (χ0n) is 10.9. The maximum absolute atomic E-state index is 12.5. The van der Waals surface area contributed by atoms with Gasteiger partial charge in [0.15, 0.2) is 0 Å². The number of fused-ring (bicyclic) bond motifs is 1. The van der Waals surface area contributed by atoms with Gasteiger partial charge in [-0.15, -0.1) is 11.3 Å². The Morgan fingerprint density at radius 1 is 1.42 bits per heavy atom. The Hall–Kier alpha value is -1.50. The van der Waals surface area contributed by atoms with Crippen LogP contribution in [0.25, 0.3) is 10.2 Å². The van der Waals surface area contributed by atoms with Gasteiger partial charge in [0, 0.05) is 13.6 Å². The summed E-state index contributed by atoms with van der Waals surface area (Å²) in [4.78, 5) is 11.0. The predicted molar refractivity (Wildman–Crippen MR) is 75.5 cm³/mol. The molecule has 104 valence electrons. The van der Waals surface area contributed by atoms with Crippen molar-refractivity contribution in [3.8, 4) is 0 Å². The Bertz CT molecular complexity index is 544. The van der Waals surface area contributed by atoms with Gasteiger partial charge in [0.2, 0.25) is 5.95 Å². The molecule has 0 unspecified atom stereocenters. The lowest BCUT2D eigenvalue weighted by Crippen LogP contribution is -2.25. The fraction of sp³-hybridized carbons (Fsp3) is 0.500. The van der Waals surface area contributed by atoms with Gasteiger partial charge in [-0.1, -0.05) is 6.92 Å². The summed E-state index contributed by atoms with van der Waals surface area (Å²) in [7, 11) is 1.62. The third kappa shape index (κ3) is 3.28. The lowest BCUT2D eigenvalue weighted by atomic mass is 10.3. The molecule has 0 aliphatic heterocycles. The van der Waals surface area contributed by atoms with Gasteiger partial charge in [-0.25, -0.2) is 13.8 Å². The van der Waals surface area contributed by atoms with Crippen molar-refractivity contribution in [1.29, 1.82) is 0 Å². The molecule has 1 N–H and O–H groups in total. The molecule has 0 amide bonds. The van der Waals surface area contributed by atoms with Gasteiger partial charge in [-0.2, -0.15) is 4.98 Å². The SMILES string of the molecule is CCCNc1nc(N(C)CC(F)F)c2ccsc2n1. The van der Waals surface area contributed by atoms with Gasteiger partial charge in [0.1, 0.15) is 10.6 Å². The smallest absolute Gasteiger partial charge is 0.255 e. The molecule has 0 saturated carbocycles. The van der Waals surface area contributed by atoms with Crippen LogP contribution in [0, 0.1) is 0 Å². The summed E-state index contributed by atoms with van der Waals surface area (Å²) in [6.45, 7) is 2.46. The largest absolute Gasteiger partial charge is 0.354 e. The second kappa shape index (κ2) is 6.10. The summed E-state index contributed by atoms with van der Waals surface area (Å²) < 4.78 is 25.0. The van der Waals surface area contributed by atoms with E-state index in [2.05, 4.69) is 15.3 Å². The van der Waals surface area contributed by atoms with E-state index in [-0.39, 0.29) is 6.54 Å². The van der Waals surface area contributed by atoms with Crippen molar-refractivity contribution in [2.45, 2.75) is 19.8 Å². The molecule has 19 heavy (non-hydrogen) atoms. The summed E-state index contributed by atoms with van der Waals surface area (Å²) in [6, 6.07) is 1.86. The van der Waals surface area contributed by atoms with E-state index in [1.54, 1.807) is 7.05 Å². The molecule has 4 nitrogen and oxygen atoms in total. The zero-order chi connectivity index (χ0) is 13.8. The van der Waals surface area contributed by atoms with Crippen LogP contribution in [0.3, 0.4) is 0 Å². The Morgan fingerprint density at radius 3 is 2.89 bits per heavy atom. The van der Waals surface area contributed by atoms with Gasteiger partial charge in [-0.05, 0) is 17.9 Å². The normalized spacial score (nSPS) is 11.2. The van der Waals surface area contributed by atoms with Crippen molar-refractivity contribution in [2.75, 3.05) is 30.4 Å². The van der Waals surface area contributed by atoms with Crippen molar-refractivity contribution < 1.29 is 8.78 Å². The number of halogens is 2. The number of nitrogens with one attached hydrogen (secondary N) is 1. The highest BCUT2D eigenvalue weighted by Gasteiger charge is 2.15. The summed E-state index contributed by atoms with van der Waals surface area (Å²) in [5.74, 6) is 1.04. The minimum absolute atomic E-state index is 0.338. The minimum atomic E-state index is -2.39. The van der Waals surface area contributed by atoms with Crippen LogP contribution < -0.4 is 10.2 Å². The summed E-state index contributed by atoms with van der Waals surface area (Å²) in [5, 5.41) is 5.80. The molecule has 2 aromatic rings. The quantitative estimate of drug-likeness (QED) is 0.885. The van der Waals surface area contributed by atoms with Crippen molar-refractivity contribution in [1.82, 2.24) is 9.97 Å². The molecule has 0 radical (unpaired) electrons. The van der Waals surface area contributed by atoms with E-state index in [0.29, 0.717) is 11.8 Å². The molecule has 2 aromatic heterocycles. The van der Waals surface area contributed by atoms with Gasteiger partial charge >= 0.3 is 0 Å². The van der Waals surface area contributed by atoms with E-state index in [1.807, 2.05) is 18.4 Å². The van der Waals surface area contributed by atoms with E-state index in [9.17, 15) is 8.78 Å². The van der Waals surface area contributed by atoms with Crippen LogP contribution in [0.1, 0.15) is 13.3 Å². The molecular formula is C12H16F2N4S. The van der Waals surface area contributed by atoms with Crippen molar-refractivity contribution in [3.05, 3.63) is 11.4 Å².